The average molecular weight is 374 g/mol. The highest BCUT2D eigenvalue weighted by Crippen LogP contribution is 2.32. The summed E-state index contributed by atoms with van der Waals surface area (Å²) in [5.74, 6) is 0. The summed E-state index contributed by atoms with van der Waals surface area (Å²) in [7, 11) is 2.18. The van der Waals surface area contributed by atoms with Crippen molar-refractivity contribution in [2.75, 3.05) is 20.1 Å². The largest absolute Gasteiger partial charge is 0.344 e. The van der Waals surface area contributed by atoms with Crippen LogP contribution in [0.2, 0.25) is 0 Å². The van der Waals surface area contributed by atoms with Crippen LogP contribution in [0.3, 0.4) is 0 Å². The van der Waals surface area contributed by atoms with E-state index in [4.69, 9.17) is 0 Å². The molecular weight excluding hydrogens is 348 g/mol. The van der Waals surface area contributed by atoms with Crippen LogP contribution in [0, 0.1) is 13.8 Å². The third-order valence-electron chi connectivity index (χ3n) is 5.78. The predicted octanol–water partition coefficient (Wildman–Crippen LogP) is 4.74. The van der Waals surface area contributed by atoms with Crippen molar-refractivity contribution in [2.45, 2.75) is 39.3 Å². The van der Waals surface area contributed by atoms with Gasteiger partial charge in [0.2, 0.25) is 0 Å². The number of hydrogen-bond donors (Lipinski definition) is 0. The van der Waals surface area contributed by atoms with Gasteiger partial charge in [0.25, 0.3) is 0 Å². The molecule has 2 aromatic heterocycles. The minimum absolute atomic E-state index is 0.278. The number of aryl methyl sites for hydroxylation is 2. The number of aromatic nitrogens is 2. The topological polar surface area (TPSA) is 69.8 Å². The smallest absolute Gasteiger partial charge is 0.0819 e. The molecule has 6 nitrogen and oxygen atoms in total. The summed E-state index contributed by atoms with van der Waals surface area (Å²) in [6, 6.07) is 10.4. The summed E-state index contributed by atoms with van der Waals surface area (Å²) in [4.78, 5) is 9.92. The van der Waals surface area contributed by atoms with Crippen LogP contribution in [-0.4, -0.2) is 34.6 Å². The number of pyridine rings is 1. The molecule has 0 spiro atoms. The normalized spacial score (nSPS) is 15.7. The molecule has 3 heterocycles. The van der Waals surface area contributed by atoms with Crippen molar-refractivity contribution in [3.05, 3.63) is 75.0 Å². The Labute approximate surface area is 165 Å². The number of likely N-dealkylation sites (N-methyl/N-ethyl adjacent to an activating group) is 1. The first kappa shape index (κ1) is 18.5. The molecule has 144 valence electrons. The van der Waals surface area contributed by atoms with Gasteiger partial charge in [0, 0.05) is 59.5 Å². The molecule has 0 bridgehead atoms. The number of azide groups is 1. The number of benzene rings is 1. The fourth-order valence-electron chi connectivity index (χ4n) is 4.20. The quantitative estimate of drug-likeness (QED) is 0.376. The van der Waals surface area contributed by atoms with Gasteiger partial charge < -0.3 is 9.47 Å². The Morgan fingerprint density at radius 2 is 2.00 bits per heavy atom. The van der Waals surface area contributed by atoms with E-state index in [1.807, 2.05) is 25.3 Å². The Morgan fingerprint density at radius 3 is 2.75 bits per heavy atom. The zero-order valence-corrected chi connectivity index (χ0v) is 16.8. The summed E-state index contributed by atoms with van der Waals surface area (Å²) in [5, 5.41) is 5.46. The van der Waals surface area contributed by atoms with Crippen molar-refractivity contribution in [3.8, 4) is 0 Å². The van der Waals surface area contributed by atoms with Gasteiger partial charge in [-0.05, 0) is 62.2 Å². The summed E-state index contributed by atoms with van der Waals surface area (Å²) in [6.45, 7) is 6.85. The summed E-state index contributed by atoms with van der Waals surface area (Å²) in [6.07, 6.45) is 3.89. The van der Waals surface area contributed by atoms with Gasteiger partial charge in [-0.2, -0.15) is 0 Å². The first-order chi connectivity index (χ1) is 13.6. The molecule has 6 heteroatoms. The van der Waals surface area contributed by atoms with Gasteiger partial charge in [-0.1, -0.05) is 22.8 Å². The van der Waals surface area contributed by atoms with Gasteiger partial charge in [-0.15, -0.1) is 0 Å². The molecule has 0 saturated carbocycles. The fourth-order valence-corrected chi connectivity index (χ4v) is 4.20. The maximum absolute atomic E-state index is 9.17. The van der Waals surface area contributed by atoms with Gasteiger partial charge in [0.15, 0.2) is 0 Å². The van der Waals surface area contributed by atoms with E-state index in [2.05, 4.69) is 56.6 Å². The Kier molecular flexibility index (Phi) is 5.07. The van der Waals surface area contributed by atoms with Gasteiger partial charge in [0.1, 0.15) is 0 Å². The average Bonchev–Trinajstić information content (AvgIpc) is 2.82. The van der Waals surface area contributed by atoms with E-state index in [1.165, 1.54) is 27.7 Å². The Hall–Kier alpha value is -2.82. The van der Waals surface area contributed by atoms with Crippen LogP contribution in [0.15, 0.2) is 41.6 Å². The number of fused-ring (bicyclic) bond motifs is 3. The monoisotopic (exact) mass is 374 g/mol. The van der Waals surface area contributed by atoms with Crippen LogP contribution in [-0.2, 0) is 19.4 Å². The van der Waals surface area contributed by atoms with Gasteiger partial charge in [0.05, 0.1) is 6.04 Å². The SMILES string of the molecule is Cc1ccc2c(c1)c1c(n2CC(N=[N+]=[N-])c2ccc(C)nc2)CCN(C)CC1. The van der Waals surface area contributed by atoms with Crippen molar-refractivity contribution in [2.24, 2.45) is 5.11 Å². The molecular formula is C22H26N6. The van der Waals surface area contributed by atoms with Crippen LogP contribution in [0.5, 0.6) is 0 Å². The number of nitrogens with zero attached hydrogens (tertiary/aromatic N) is 6. The predicted molar refractivity (Wildman–Crippen MR) is 112 cm³/mol. The molecule has 0 aliphatic carbocycles. The Balaban J connectivity index is 1.83. The lowest BCUT2D eigenvalue weighted by molar-refractivity contribution is 0.350. The molecule has 0 saturated heterocycles. The van der Waals surface area contributed by atoms with Crippen molar-refractivity contribution in [1.29, 1.82) is 0 Å². The zero-order chi connectivity index (χ0) is 19.7. The third-order valence-corrected chi connectivity index (χ3v) is 5.78. The summed E-state index contributed by atoms with van der Waals surface area (Å²) < 4.78 is 2.38. The molecule has 1 unspecified atom stereocenters. The third kappa shape index (κ3) is 3.49. The number of rotatable bonds is 4. The molecule has 0 radical (unpaired) electrons. The van der Waals surface area contributed by atoms with Crippen LogP contribution >= 0.6 is 0 Å². The Bertz CT molecular complexity index is 1040. The van der Waals surface area contributed by atoms with Crippen molar-refractivity contribution in [1.82, 2.24) is 14.5 Å². The van der Waals surface area contributed by atoms with Gasteiger partial charge in [-0.3, -0.25) is 4.98 Å². The molecule has 1 aliphatic heterocycles. The minimum Gasteiger partial charge on any atom is -0.344 e. The van der Waals surface area contributed by atoms with Gasteiger partial charge in [-0.25, -0.2) is 0 Å². The van der Waals surface area contributed by atoms with E-state index < -0.39 is 0 Å². The van der Waals surface area contributed by atoms with Crippen LogP contribution in [0.4, 0.5) is 0 Å². The molecule has 0 amide bonds. The molecule has 28 heavy (non-hydrogen) atoms. The maximum Gasteiger partial charge on any atom is 0.0819 e. The van der Waals surface area contributed by atoms with Crippen molar-refractivity contribution in [3.63, 3.8) is 0 Å². The fraction of sp³-hybridized carbons (Fsp3) is 0.409. The lowest BCUT2D eigenvalue weighted by atomic mass is 10.1. The first-order valence-corrected chi connectivity index (χ1v) is 9.82. The minimum atomic E-state index is -0.278. The van der Waals surface area contributed by atoms with Crippen molar-refractivity contribution >= 4 is 10.9 Å². The highest BCUT2D eigenvalue weighted by molar-refractivity contribution is 5.86. The van der Waals surface area contributed by atoms with Crippen molar-refractivity contribution < 1.29 is 0 Å². The lowest BCUT2D eigenvalue weighted by Crippen LogP contribution is -2.21. The van der Waals surface area contributed by atoms with E-state index >= 15 is 0 Å². The van der Waals surface area contributed by atoms with E-state index in [-0.39, 0.29) is 6.04 Å². The van der Waals surface area contributed by atoms with E-state index in [0.29, 0.717) is 6.54 Å². The standard InChI is InChI=1S/C22H26N6/c1-15-4-7-21-19(12-15)18-8-10-27(3)11-9-22(18)28(21)14-20(25-26-23)17-6-5-16(2)24-13-17/h4-7,12-13,20H,8-11,14H2,1-3H3. The number of hydrogen-bond acceptors (Lipinski definition) is 3. The first-order valence-electron chi connectivity index (χ1n) is 9.82. The summed E-state index contributed by atoms with van der Waals surface area (Å²) >= 11 is 0. The highest BCUT2D eigenvalue weighted by atomic mass is 15.2. The molecule has 0 N–H and O–H groups in total. The lowest BCUT2D eigenvalue weighted by Gasteiger charge is -2.18. The van der Waals surface area contributed by atoms with E-state index in [9.17, 15) is 5.53 Å². The molecule has 1 atom stereocenters. The highest BCUT2D eigenvalue weighted by Gasteiger charge is 2.23. The second-order valence-corrected chi connectivity index (χ2v) is 7.81. The Morgan fingerprint density at radius 1 is 1.18 bits per heavy atom. The molecule has 4 rings (SSSR count). The van der Waals surface area contributed by atoms with Gasteiger partial charge >= 0.3 is 0 Å². The second kappa shape index (κ2) is 7.66. The second-order valence-electron chi connectivity index (χ2n) is 7.81. The molecule has 3 aromatic rings. The van der Waals surface area contributed by atoms with Crippen LogP contribution in [0.25, 0.3) is 21.3 Å². The summed E-state index contributed by atoms with van der Waals surface area (Å²) in [5.41, 5.74) is 16.4. The molecule has 1 aromatic carbocycles. The van der Waals surface area contributed by atoms with E-state index in [1.54, 1.807) is 0 Å². The van der Waals surface area contributed by atoms with Crippen LogP contribution < -0.4 is 0 Å². The zero-order valence-electron chi connectivity index (χ0n) is 16.8. The van der Waals surface area contributed by atoms with Crippen LogP contribution in [0.1, 0.15) is 34.1 Å². The maximum atomic E-state index is 9.17. The molecule has 0 fully saturated rings. The van der Waals surface area contributed by atoms with E-state index in [0.717, 1.165) is 37.2 Å². The molecule has 1 aliphatic rings.